The van der Waals surface area contributed by atoms with E-state index in [4.69, 9.17) is 0 Å². The smallest absolute Gasteiger partial charge is 0.273 e. The quantitative estimate of drug-likeness (QED) is 0.429. The molecule has 0 aliphatic carbocycles. The van der Waals surface area contributed by atoms with Crippen LogP contribution in [-0.4, -0.2) is 43.6 Å². The highest BCUT2D eigenvalue weighted by molar-refractivity contribution is 5.63. The molecular formula is C13H22N4O2. The van der Waals surface area contributed by atoms with Gasteiger partial charge in [0.05, 0.1) is 4.92 Å². The average molecular weight is 266 g/mol. The van der Waals surface area contributed by atoms with Gasteiger partial charge >= 0.3 is 0 Å². The summed E-state index contributed by atoms with van der Waals surface area (Å²) in [4.78, 5) is 12.6. The van der Waals surface area contributed by atoms with Crippen LogP contribution < -0.4 is 10.6 Å². The summed E-state index contributed by atoms with van der Waals surface area (Å²) in [6, 6.07) is 5.01. The fraction of sp³-hybridized carbons (Fsp3) is 0.538. The van der Waals surface area contributed by atoms with Crippen LogP contribution in [0.1, 0.15) is 13.3 Å². The molecule has 0 aliphatic heterocycles. The van der Waals surface area contributed by atoms with Gasteiger partial charge in [0.15, 0.2) is 0 Å². The van der Waals surface area contributed by atoms with Gasteiger partial charge in [-0.15, -0.1) is 0 Å². The van der Waals surface area contributed by atoms with E-state index in [1.54, 1.807) is 12.1 Å². The second kappa shape index (κ2) is 7.58. The Balaban J connectivity index is 2.67. The Hall–Kier alpha value is -1.82. The summed E-state index contributed by atoms with van der Waals surface area (Å²) in [5, 5.41) is 17.2. The third-order valence-electron chi connectivity index (χ3n) is 2.62. The van der Waals surface area contributed by atoms with Crippen molar-refractivity contribution in [2.45, 2.75) is 13.3 Å². The topological polar surface area (TPSA) is 70.4 Å². The Bertz CT molecular complexity index is 421. The molecule has 0 atom stereocenters. The lowest BCUT2D eigenvalue weighted by Gasteiger charge is -2.12. The number of nitrogens with one attached hydrogen (secondary N) is 2. The second-order valence-electron chi connectivity index (χ2n) is 4.64. The third-order valence-corrected chi connectivity index (χ3v) is 2.62. The number of nitro groups is 1. The van der Waals surface area contributed by atoms with E-state index in [9.17, 15) is 10.1 Å². The van der Waals surface area contributed by atoms with Crippen LogP contribution in [0.2, 0.25) is 0 Å². The monoisotopic (exact) mass is 266 g/mol. The summed E-state index contributed by atoms with van der Waals surface area (Å²) in [6.45, 7) is 4.48. The van der Waals surface area contributed by atoms with Gasteiger partial charge in [-0.2, -0.15) is 0 Å². The molecule has 0 aliphatic rings. The van der Waals surface area contributed by atoms with Crippen LogP contribution in [0.15, 0.2) is 18.2 Å². The van der Waals surface area contributed by atoms with E-state index in [-0.39, 0.29) is 10.6 Å². The average Bonchev–Trinajstić information content (AvgIpc) is 2.34. The maximum atomic E-state index is 10.9. The molecule has 1 aromatic rings. The number of non-ortho nitro benzene ring substituents is 1. The van der Waals surface area contributed by atoms with Gasteiger partial charge in [0.2, 0.25) is 0 Å². The summed E-state index contributed by atoms with van der Waals surface area (Å²) in [6.07, 6.45) is 0.992. The molecule has 0 heterocycles. The van der Waals surface area contributed by atoms with Crippen molar-refractivity contribution in [2.75, 3.05) is 44.4 Å². The van der Waals surface area contributed by atoms with Crippen molar-refractivity contribution < 1.29 is 4.92 Å². The van der Waals surface area contributed by atoms with Gasteiger partial charge in [-0.05, 0) is 40.1 Å². The molecule has 0 radical (unpaired) electrons. The van der Waals surface area contributed by atoms with Crippen LogP contribution in [0.3, 0.4) is 0 Å². The lowest BCUT2D eigenvalue weighted by molar-refractivity contribution is -0.384. The summed E-state index contributed by atoms with van der Waals surface area (Å²) in [5.74, 6) is 0. The summed E-state index contributed by atoms with van der Waals surface area (Å²) < 4.78 is 0. The molecule has 106 valence electrons. The fourth-order valence-corrected chi connectivity index (χ4v) is 1.75. The predicted octanol–water partition coefficient (Wildman–Crippen LogP) is 2.39. The van der Waals surface area contributed by atoms with Gasteiger partial charge < -0.3 is 15.5 Å². The first kappa shape index (κ1) is 15.2. The lowest BCUT2D eigenvalue weighted by Crippen LogP contribution is -2.16. The normalized spacial score (nSPS) is 10.5. The first-order valence-electron chi connectivity index (χ1n) is 6.45. The molecule has 1 aromatic carbocycles. The van der Waals surface area contributed by atoms with Crippen LogP contribution in [0.4, 0.5) is 17.1 Å². The highest BCUT2D eigenvalue weighted by Gasteiger charge is 2.09. The Labute approximate surface area is 113 Å². The number of hydrogen-bond acceptors (Lipinski definition) is 5. The number of benzene rings is 1. The first-order valence-corrected chi connectivity index (χ1v) is 6.45. The van der Waals surface area contributed by atoms with Crippen LogP contribution in [-0.2, 0) is 0 Å². The molecular weight excluding hydrogens is 244 g/mol. The third kappa shape index (κ3) is 5.56. The molecule has 0 aromatic heterocycles. The van der Waals surface area contributed by atoms with E-state index in [0.29, 0.717) is 0 Å². The SMILES string of the molecule is CCNc1cc(NCCCN(C)C)cc([N+](=O)[O-])c1. The molecule has 0 saturated carbocycles. The van der Waals surface area contributed by atoms with Crippen molar-refractivity contribution in [1.29, 1.82) is 0 Å². The maximum absolute atomic E-state index is 10.9. The van der Waals surface area contributed by atoms with Gasteiger partial charge in [0, 0.05) is 36.6 Å². The minimum absolute atomic E-state index is 0.105. The van der Waals surface area contributed by atoms with Crippen LogP contribution in [0.25, 0.3) is 0 Å². The van der Waals surface area contributed by atoms with E-state index >= 15 is 0 Å². The molecule has 6 nitrogen and oxygen atoms in total. The maximum Gasteiger partial charge on any atom is 0.273 e. The predicted molar refractivity (Wildman–Crippen MR) is 78.9 cm³/mol. The van der Waals surface area contributed by atoms with Gasteiger partial charge in [-0.3, -0.25) is 10.1 Å². The van der Waals surface area contributed by atoms with E-state index in [2.05, 4.69) is 15.5 Å². The zero-order chi connectivity index (χ0) is 14.3. The Morgan fingerprint density at radius 1 is 1.21 bits per heavy atom. The van der Waals surface area contributed by atoms with Crippen molar-refractivity contribution in [1.82, 2.24) is 4.90 Å². The Morgan fingerprint density at radius 2 is 1.84 bits per heavy atom. The van der Waals surface area contributed by atoms with Gasteiger partial charge in [-0.25, -0.2) is 0 Å². The number of nitro benzene ring substituents is 1. The molecule has 1 rings (SSSR count). The molecule has 0 fully saturated rings. The van der Waals surface area contributed by atoms with Crippen molar-refractivity contribution in [3.05, 3.63) is 28.3 Å². The number of nitrogens with zero attached hydrogens (tertiary/aromatic N) is 2. The van der Waals surface area contributed by atoms with Crippen LogP contribution in [0, 0.1) is 10.1 Å². The Morgan fingerprint density at radius 3 is 2.37 bits per heavy atom. The van der Waals surface area contributed by atoms with Gasteiger partial charge in [0.25, 0.3) is 5.69 Å². The number of hydrogen-bond donors (Lipinski definition) is 2. The fourth-order valence-electron chi connectivity index (χ4n) is 1.75. The largest absolute Gasteiger partial charge is 0.385 e. The van der Waals surface area contributed by atoms with Crippen molar-refractivity contribution >= 4 is 17.1 Å². The number of anilines is 2. The van der Waals surface area contributed by atoms with Crippen molar-refractivity contribution in [3.8, 4) is 0 Å². The van der Waals surface area contributed by atoms with Gasteiger partial charge in [0.1, 0.15) is 0 Å². The highest BCUT2D eigenvalue weighted by atomic mass is 16.6. The standard InChI is InChI=1S/C13H22N4O2/c1-4-14-11-8-12(10-13(9-11)17(18)19)15-6-5-7-16(2)3/h8-10,14-15H,4-7H2,1-3H3. The molecule has 0 amide bonds. The van der Waals surface area contributed by atoms with E-state index in [0.717, 1.165) is 37.4 Å². The summed E-state index contributed by atoms with van der Waals surface area (Å²) in [5.41, 5.74) is 1.66. The summed E-state index contributed by atoms with van der Waals surface area (Å²) >= 11 is 0. The van der Waals surface area contributed by atoms with Crippen LogP contribution >= 0.6 is 0 Å². The molecule has 19 heavy (non-hydrogen) atoms. The zero-order valence-electron chi connectivity index (χ0n) is 11.8. The molecule has 6 heteroatoms. The van der Waals surface area contributed by atoms with Crippen molar-refractivity contribution in [3.63, 3.8) is 0 Å². The molecule has 0 bridgehead atoms. The minimum atomic E-state index is -0.369. The number of rotatable bonds is 8. The summed E-state index contributed by atoms with van der Waals surface area (Å²) in [7, 11) is 4.05. The van der Waals surface area contributed by atoms with E-state index < -0.39 is 0 Å². The molecule has 0 spiro atoms. The zero-order valence-corrected chi connectivity index (χ0v) is 11.8. The molecule has 0 unspecified atom stereocenters. The molecule has 0 saturated heterocycles. The van der Waals surface area contributed by atoms with E-state index in [1.807, 2.05) is 27.1 Å². The van der Waals surface area contributed by atoms with E-state index in [1.165, 1.54) is 0 Å². The second-order valence-corrected chi connectivity index (χ2v) is 4.64. The Kier molecular flexibility index (Phi) is 6.08. The lowest BCUT2D eigenvalue weighted by atomic mass is 10.2. The first-order chi connectivity index (χ1) is 9.02. The molecule has 2 N–H and O–H groups in total. The highest BCUT2D eigenvalue weighted by Crippen LogP contribution is 2.24. The van der Waals surface area contributed by atoms with Crippen molar-refractivity contribution in [2.24, 2.45) is 0 Å². The van der Waals surface area contributed by atoms with Gasteiger partial charge in [-0.1, -0.05) is 0 Å². The van der Waals surface area contributed by atoms with Crippen LogP contribution in [0.5, 0.6) is 0 Å². The minimum Gasteiger partial charge on any atom is -0.385 e.